The van der Waals surface area contributed by atoms with Gasteiger partial charge in [0.25, 0.3) is 0 Å². The second kappa shape index (κ2) is 4.85. The Morgan fingerprint density at radius 2 is 1.90 bits per heavy atom. The van der Waals surface area contributed by atoms with Crippen LogP contribution in [0.4, 0.5) is 0 Å². The molecule has 0 fully saturated rings. The van der Waals surface area contributed by atoms with Crippen LogP contribution in [-0.2, 0) is 7.05 Å². The summed E-state index contributed by atoms with van der Waals surface area (Å²) in [5.41, 5.74) is 2.41. The standard InChI is InChI=1S/C17H15NO2/c1-18-11-15(14-8-3-4-9-16(14)18)17(19)12-6-5-7-13(10-12)20-2/h3-11H,1-2H3. The van der Waals surface area contributed by atoms with E-state index >= 15 is 0 Å². The lowest BCUT2D eigenvalue weighted by atomic mass is 10.0. The smallest absolute Gasteiger partial charge is 0.195 e. The summed E-state index contributed by atoms with van der Waals surface area (Å²) in [4.78, 5) is 12.7. The SMILES string of the molecule is COc1cccc(C(=O)c2cn(C)c3ccccc23)c1. The van der Waals surface area contributed by atoms with Crippen LogP contribution in [0.25, 0.3) is 10.9 Å². The van der Waals surface area contributed by atoms with Gasteiger partial charge in [-0.05, 0) is 18.2 Å². The molecule has 0 saturated heterocycles. The van der Waals surface area contributed by atoms with E-state index in [9.17, 15) is 4.79 Å². The maximum Gasteiger partial charge on any atom is 0.195 e. The molecule has 2 aromatic carbocycles. The summed E-state index contributed by atoms with van der Waals surface area (Å²) in [5.74, 6) is 0.705. The van der Waals surface area contributed by atoms with Gasteiger partial charge >= 0.3 is 0 Å². The highest BCUT2D eigenvalue weighted by Crippen LogP contribution is 2.24. The van der Waals surface area contributed by atoms with E-state index in [2.05, 4.69) is 0 Å². The number of ether oxygens (including phenoxy) is 1. The molecule has 0 radical (unpaired) electrons. The number of hydrogen-bond acceptors (Lipinski definition) is 2. The molecule has 100 valence electrons. The molecule has 0 saturated carbocycles. The topological polar surface area (TPSA) is 31.2 Å². The van der Waals surface area contributed by atoms with Gasteiger partial charge in [0.15, 0.2) is 5.78 Å². The third kappa shape index (κ3) is 1.97. The Balaban J connectivity index is 2.13. The second-order valence-corrected chi connectivity index (χ2v) is 4.73. The summed E-state index contributed by atoms with van der Waals surface area (Å²) in [6.07, 6.45) is 1.88. The Bertz CT molecular complexity index is 787. The molecule has 0 atom stereocenters. The zero-order chi connectivity index (χ0) is 14.1. The Morgan fingerprint density at radius 3 is 2.70 bits per heavy atom. The van der Waals surface area contributed by atoms with E-state index in [-0.39, 0.29) is 5.78 Å². The molecule has 1 aromatic heterocycles. The summed E-state index contributed by atoms with van der Waals surface area (Å²) >= 11 is 0. The molecule has 0 aliphatic heterocycles. The molecule has 3 aromatic rings. The van der Waals surface area contributed by atoms with Gasteiger partial charge in [-0.3, -0.25) is 4.79 Å². The average molecular weight is 265 g/mol. The Kier molecular flexibility index (Phi) is 3.03. The molecule has 0 aliphatic rings. The number of aryl methyl sites for hydroxylation is 1. The van der Waals surface area contributed by atoms with Crippen LogP contribution in [-0.4, -0.2) is 17.5 Å². The fourth-order valence-corrected chi connectivity index (χ4v) is 2.44. The number of methoxy groups -OCH3 is 1. The molecule has 0 N–H and O–H groups in total. The van der Waals surface area contributed by atoms with Crippen molar-refractivity contribution in [2.75, 3.05) is 7.11 Å². The van der Waals surface area contributed by atoms with Gasteiger partial charge < -0.3 is 9.30 Å². The quantitative estimate of drug-likeness (QED) is 0.679. The molecule has 20 heavy (non-hydrogen) atoms. The van der Waals surface area contributed by atoms with Crippen molar-refractivity contribution in [3.8, 4) is 5.75 Å². The second-order valence-electron chi connectivity index (χ2n) is 4.73. The van der Waals surface area contributed by atoms with Crippen molar-refractivity contribution in [1.29, 1.82) is 0 Å². The summed E-state index contributed by atoms with van der Waals surface area (Å²) in [7, 11) is 3.55. The summed E-state index contributed by atoms with van der Waals surface area (Å²) in [6.45, 7) is 0. The van der Waals surface area contributed by atoms with Gasteiger partial charge in [0.1, 0.15) is 5.75 Å². The lowest BCUT2D eigenvalue weighted by Gasteiger charge is -2.03. The fraction of sp³-hybridized carbons (Fsp3) is 0.118. The zero-order valence-corrected chi connectivity index (χ0v) is 11.5. The van der Waals surface area contributed by atoms with Gasteiger partial charge in [-0.2, -0.15) is 0 Å². The molecule has 3 rings (SSSR count). The Morgan fingerprint density at radius 1 is 1.10 bits per heavy atom. The molecule has 3 nitrogen and oxygen atoms in total. The van der Waals surface area contributed by atoms with Gasteiger partial charge in [0.2, 0.25) is 0 Å². The predicted molar refractivity (Wildman–Crippen MR) is 79.3 cm³/mol. The van der Waals surface area contributed by atoms with Crippen molar-refractivity contribution >= 4 is 16.7 Å². The highest BCUT2D eigenvalue weighted by molar-refractivity contribution is 6.16. The van der Waals surface area contributed by atoms with Gasteiger partial charge in [0, 0.05) is 35.3 Å². The normalized spacial score (nSPS) is 10.7. The largest absolute Gasteiger partial charge is 0.497 e. The molecule has 0 unspecified atom stereocenters. The minimum absolute atomic E-state index is 0.0145. The number of benzene rings is 2. The van der Waals surface area contributed by atoms with E-state index in [0.717, 1.165) is 16.5 Å². The molecular formula is C17H15NO2. The van der Waals surface area contributed by atoms with Crippen LogP contribution in [0.1, 0.15) is 15.9 Å². The van der Waals surface area contributed by atoms with Crippen molar-refractivity contribution in [2.24, 2.45) is 7.05 Å². The first-order chi connectivity index (χ1) is 9.70. The lowest BCUT2D eigenvalue weighted by molar-refractivity contribution is 0.104. The van der Waals surface area contributed by atoms with Crippen molar-refractivity contribution in [1.82, 2.24) is 4.57 Å². The van der Waals surface area contributed by atoms with Crippen LogP contribution in [0.5, 0.6) is 5.75 Å². The number of carbonyl (C=O) groups is 1. The van der Waals surface area contributed by atoms with Crippen LogP contribution in [0.2, 0.25) is 0 Å². The van der Waals surface area contributed by atoms with E-state index in [0.29, 0.717) is 11.3 Å². The highest BCUT2D eigenvalue weighted by Gasteiger charge is 2.15. The predicted octanol–water partition coefficient (Wildman–Crippen LogP) is 3.42. The van der Waals surface area contributed by atoms with Gasteiger partial charge in [-0.1, -0.05) is 30.3 Å². The van der Waals surface area contributed by atoms with Crippen molar-refractivity contribution in [2.45, 2.75) is 0 Å². The van der Waals surface area contributed by atoms with Crippen LogP contribution in [0, 0.1) is 0 Å². The maximum absolute atomic E-state index is 12.7. The first-order valence-corrected chi connectivity index (χ1v) is 6.43. The number of para-hydroxylation sites is 1. The van der Waals surface area contributed by atoms with Gasteiger partial charge in [0.05, 0.1) is 7.11 Å². The van der Waals surface area contributed by atoms with E-state index in [1.165, 1.54) is 0 Å². The number of rotatable bonds is 3. The minimum atomic E-state index is 0.0145. The number of carbonyl (C=O) groups excluding carboxylic acids is 1. The molecular weight excluding hydrogens is 250 g/mol. The number of nitrogens with zero attached hydrogens (tertiary/aromatic N) is 1. The van der Waals surface area contributed by atoms with E-state index < -0.39 is 0 Å². The maximum atomic E-state index is 12.7. The van der Waals surface area contributed by atoms with Crippen molar-refractivity contribution < 1.29 is 9.53 Å². The summed E-state index contributed by atoms with van der Waals surface area (Å²) in [5, 5.41) is 0.975. The number of fused-ring (bicyclic) bond motifs is 1. The first-order valence-electron chi connectivity index (χ1n) is 6.43. The summed E-state index contributed by atoms with van der Waals surface area (Å²) < 4.78 is 7.15. The average Bonchev–Trinajstić information content (AvgIpc) is 2.84. The Labute approximate surface area is 117 Å². The van der Waals surface area contributed by atoms with E-state index in [1.807, 2.05) is 60.3 Å². The zero-order valence-electron chi connectivity index (χ0n) is 11.5. The van der Waals surface area contributed by atoms with Crippen molar-refractivity contribution in [3.63, 3.8) is 0 Å². The van der Waals surface area contributed by atoms with E-state index in [4.69, 9.17) is 4.74 Å². The Hall–Kier alpha value is -2.55. The van der Waals surface area contributed by atoms with E-state index in [1.54, 1.807) is 13.2 Å². The molecule has 3 heteroatoms. The third-order valence-corrected chi connectivity index (χ3v) is 3.47. The summed E-state index contributed by atoms with van der Waals surface area (Å²) in [6, 6.07) is 15.2. The van der Waals surface area contributed by atoms with Crippen LogP contribution in [0.15, 0.2) is 54.7 Å². The number of ketones is 1. The molecule has 0 spiro atoms. The highest BCUT2D eigenvalue weighted by atomic mass is 16.5. The van der Waals surface area contributed by atoms with Crippen LogP contribution >= 0.6 is 0 Å². The van der Waals surface area contributed by atoms with Gasteiger partial charge in [-0.15, -0.1) is 0 Å². The molecule has 0 amide bonds. The minimum Gasteiger partial charge on any atom is -0.497 e. The van der Waals surface area contributed by atoms with Crippen LogP contribution < -0.4 is 4.74 Å². The molecule has 0 bridgehead atoms. The van der Waals surface area contributed by atoms with Crippen LogP contribution in [0.3, 0.4) is 0 Å². The molecule has 1 heterocycles. The number of aromatic nitrogens is 1. The van der Waals surface area contributed by atoms with Crippen molar-refractivity contribution in [3.05, 3.63) is 65.9 Å². The molecule has 0 aliphatic carbocycles. The fourth-order valence-electron chi connectivity index (χ4n) is 2.44. The lowest BCUT2D eigenvalue weighted by Crippen LogP contribution is -2.00. The monoisotopic (exact) mass is 265 g/mol. The van der Waals surface area contributed by atoms with Gasteiger partial charge in [-0.25, -0.2) is 0 Å². The number of hydrogen-bond donors (Lipinski definition) is 0. The first kappa shape index (κ1) is 12.5. The third-order valence-electron chi connectivity index (χ3n) is 3.47.